The summed E-state index contributed by atoms with van der Waals surface area (Å²) in [5, 5.41) is 6.00. The highest BCUT2D eigenvalue weighted by Gasteiger charge is 2.08. The van der Waals surface area contributed by atoms with Gasteiger partial charge in [-0.15, -0.1) is 0 Å². The molecule has 2 rings (SSSR count). The second-order valence-electron chi connectivity index (χ2n) is 5.67. The lowest BCUT2D eigenvalue weighted by molar-refractivity contribution is 0.0977. The van der Waals surface area contributed by atoms with Crippen molar-refractivity contribution in [2.75, 3.05) is 11.9 Å². The van der Waals surface area contributed by atoms with E-state index in [4.69, 9.17) is 17.0 Å². The van der Waals surface area contributed by atoms with Crippen molar-refractivity contribution in [2.45, 2.75) is 33.1 Å². The molecule has 0 radical (unpaired) electrons. The third-order valence-corrected chi connectivity index (χ3v) is 3.89. The number of hydrogen-bond donors (Lipinski definition) is 2. The van der Waals surface area contributed by atoms with E-state index in [9.17, 15) is 4.79 Å². The first-order valence-corrected chi connectivity index (χ1v) is 8.97. The van der Waals surface area contributed by atoms with E-state index in [-0.39, 0.29) is 11.0 Å². The van der Waals surface area contributed by atoms with Crippen molar-refractivity contribution in [2.24, 2.45) is 0 Å². The monoisotopic (exact) mass is 356 g/mol. The third-order valence-electron chi connectivity index (χ3n) is 3.69. The van der Waals surface area contributed by atoms with Gasteiger partial charge in [0.1, 0.15) is 5.75 Å². The number of anilines is 1. The Bertz CT molecular complexity index is 697. The molecule has 2 N–H and O–H groups in total. The first-order valence-electron chi connectivity index (χ1n) is 8.56. The Morgan fingerprint density at radius 1 is 1.04 bits per heavy atom. The second-order valence-corrected chi connectivity index (χ2v) is 6.07. The molecule has 132 valence electrons. The molecule has 0 aliphatic rings. The average Bonchev–Trinajstić information content (AvgIpc) is 2.62. The van der Waals surface area contributed by atoms with Gasteiger partial charge in [-0.25, -0.2) is 0 Å². The number of nitrogens with one attached hydrogen (secondary N) is 2. The van der Waals surface area contributed by atoms with Crippen LogP contribution in [0.15, 0.2) is 48.5 Å². The van der Waals surface area contributed by atoms with E-state index < -0.39 is 0 Å². The molecule has 0 aromatic heterocycles. The summed E-state index contributed by atoms with van der Waals surface area (Å²) in [6.45, 7) is 4.69. The maximum absolute atomic E-state index is 12.2. The van der Waals surface area contributed by atoms with Crippen LogP contribution in [0.25, 0.3) is 0 Å². The van der Waals surface area contributed by atoms with E-state index >= 15 is 0 Å². The topological polar surface area (TPSA) is 50.4 Å². The Balaban J connectivity index is 1.87. The van der Waals surface area contributed by atoms with Crippen LogP contribution in [0, 0.1) is 0 Å². The molecule has 25 heavy (non-hydrogen) atoms. The number of carbonyl (C=O) groups excluding carboxylic acids is 1. The number of hydrogen-bond acceptors (Lipinski definition) is 3. The van der Waals surface area contributed by atoms with Crippen molar-refractivity contribution >= 4 is 28.9 Å². The predicted octanol–water partition coefficient (Wildman–Crippen LogP) is 4.55. The largest absolute Gasteiger partial charge is 0.494 e. The van der Waals surface area contributed by atoms with E-state index in [1.54, 1.807) is 24.3 Å². The van der Waals surface area contributed by atoms with E-state index in [0.717, 1.165) is 17.9 Å². The molecule has 0 aliphatic carbocycles. The SMILES string of the molecule is CCCCc1ccc(NC(=S)NC(=O)c2ccc(OCC)cc2)cc1. The Morgan fingerprint density at radius 3 is 2.32 bits per heavy atom. The van der Waals surface area contributed by atoms with Crippen molar-refractivity contribution in [3.8, 4) is 5.75 Å². The Kier molecular flexibility index (Phi) is 7.41. The highest BCUT2D eigenvalue weighted by molar-refractivity contribution is 7.80. The van der Waals surface area contributed by atoms with Gasteiger partial charge in [-0.3, -0.25) is 10.1 Å². The summed E-state index contributed by atoms with van der Waals surface area (Å²) in [4.78, 5) is 12.2. The van der Waals surface area contributed by atoms with Gasteiger partial charge in [-0.2, -0.15) is 0 Å². The number of aryl methyl sites for hydroxylation is 1. The molecule has 0 spiro atoms. The number of carbonyl (C=O) groups is 1. The van der Waals surface area contributed by atoms with E-state index in [1.165, 1.54) is 18.4 Å². The van der Waals surface area contributed by atoms with Gasteiger partial charge < -0.3 is 10.1 Å². The first kappa shape index (κ1) is 18.9. The zero-order valence-corrected chi connectivity index (χ0v) is 15.5. The minimum Gasteiger partial charge on any atom is -0.494 e. The molecule has 0 bridgehead atoms. The van der Waals surface area contributed by atoms with Gasteiger partial charge in [0.05, 0.1) is 6.61 Å². The minimum absolute atomic E-state index is 0.250. The summed E-state index contributed by atoms with van der Waals surface area (Å²) >= 11 is 5.21. The van der Waals surface area contributed by atoms with Crippen LogP contribution in [0.5, 0.6) is 5.75 Å². The molecular formula is C20H24N2O2S. The van der Waals surface area contributed by atoms with Crippen LogP contribution in [0.2, 0.25) is 0 Å². The number of thiocarbonyl (C=S) groups is 1. The van der Waals surface area contributed by atoms with E-state index in [0.29, 0.717) is 12.2 Å². The third kappa shape index (κ3) is 6.19. The summed E-state index contributed by atoms with van der Waals surface area (Å²) < 4.78 is 5.36. The molecule has 0 atom stereocenters. The predicted molar refractivity (Wildman–Crippen MR) is 106 cm³/mol. The van der Waals surface area contributed by atoms with Crippen LogP contribution in [-0.4, -0.2) is 17.6 Å². The second kappa shape index (κ2) is 9.79. The smallest absolute Gasteiger partial charge is 0.257 e. The molecule has 0 fully saturated rings. The van der Waals surface area contributed by atoms with E-state index in [2.05, 4.69) is 29.7 Å². The zero-order chi connectivity index (χ0) is 18.1. The van der Waals surface area contributed by atoms with Crippen molar-refractivity contribution in [3.05, 3.63) is 59.7 Å². The quantitative estimate of drug-likeness (QED) is 0.714. The molecule has 2 aromatic rings. The van der Waals surface area contributed by atoms with Crippen LogP contribution in [0.3, 0.4) is 0 Å². The van der Waals surface area contributed by atoms with Crippen molar-refractivity contribution in [1.29, 1.82) is 0 Å². The molecular weight excluding hydrogens is 332 g/mol. The Labute approximate surface area is 154 Å². The van der Waals surface area contributed by atoms with Gasteiger partial charge in [0.15, 0.2) is 5.11 Å². The molecule has 5 heteroatoms. The van der Waals surface area contributed by atoms with Crippen LogP contribution < -0.4 is 15.4 Å². The summed E-state index contributed by atoms with van der Waals surface area (Å²) in [5.74, 6) is 0.489. The van der Waals surface area contributed by atoms with Gasteiger partial charge in [-0.1, -0.05) is 25.5 Å². The summed E-state index contributed by atoms with van der Waals surface area (Å²) in [5.41, 5.74) is 2.69. The number of benzene rings is 2. The lowest BCUT2D eigenvalue weighted by atomic mass is 10.1. The standard InChI is InChI=1S/C20H24N2O2S/c1-3-5-6-15-7-11-17(12-8-15)21-20(25)22-19(23)16-9-13-18(14-10-16)24-4-2/h7-14H,3-6H2,1-2H3,(H2,21,22,23,25). The molecule has 0 aliphatic heterocycles. The van der Waals surface area contributed by atoms with Crippen molar-refractivity contribution in [1.82, 2.24) is 5.32 Å². The molecule has 1 amide bonds. The van der Waals surface area contributed by atoms with E-state index in [1.807, 2.05) is 19.1 Å². The van der Waals surface area contributed by atoms with Gasteiger partial charge in [0.2, 0.25) is 0 Å². The molecule has 0 unspecified atom stereocenters. The van der Waals surface area contributed by atoms with Crippen LogP contribution in [-0.2, 0) is 6.42 Å². The Hall–Kier alpha value is -2.40. The lowest BCUT2D eigenvalue weighted by Gasteiger charge is -2.10. The summed E-state index contributed by atoms with van der Waals surface area (Å²) in [6, 6.07) is 15.1. The summed E-state index contributed by atoms with van der Waals surface area (Å²) in [7, 11) is 0. The molecule has 4 nitrogen and oxygen atoms in total. The summed E-state index contributed by atoms with van der Waals surface area (Å²) in [6.07, 6.45) is 3.45. The normalized spacial score (nSPS) is 10.2. The fraction of sp³-hybridized carbons (Fsp3) is 0.300. The molecule has 2 aromatic carbocycles. The maximum atomic E-state index is 12.2. The van der Waals surface area contributed by atoms with Gasteiger partial charge in [0, 0.05) is 11.3 Å². The number of rotatable bonds is 7. The zero-order valence-electron chi connectivity index (χ0n) is 14.7. The number of unbranched alkanes of at least 4 members (excludes halogenated alkanes) is 1. The maximum Gasteiger partial charge on any atom is 0.257 e. The van der Waals surface area contributed by atoms with Crippen LogP contribution in [0.1, 0.15) is 42.6 Å². The molecule has 0 heterocycles. The highest BCUT2D eigenvalue weighted by atomic mass is 32.1. The fourth-order valence-corrected chi connectivity index (χ4v) is 2.55. The highest BCUT2D eigenvalue weighted by Crippen LogP contribution is 2.13. The number of amides is 1. The lowest BCUT2D eigenvalue weighted by Crippen LogP contribution is -2.34. The minimum atomic E-state index is -0.250. The molecule has 0 saturated heterocycles. The van der Waals surface area contributed by atoms with Gasteiger partial charge in [-0.05, 0) is 73.9 Å². The van der Waals surface area contributed by atoms with Crippen molar-refractivity contribution < 1.29 is 9.53 Å². The molecule has 0 saturated carbocycles. The van der Waals surface area contributed by atoms with Crippen LogP contribution in [0.4, 0.5) is 5.69 Å². The fourth-order valence-electron chi connectivity index (χ4n) is 2.34. The van der Waals surface area contributed by atoms with Crippen LogP contribution >= 0.6 is 12.2 Å². The van der Waals surface area contributed by atoms with Gasteiger partial charge in [0.25, 0.3) is 5.91 Å². The Morgan fingerprint density at radius 2 is 1.72 bits per heavy atom. The first-order chi connectivity index (χ1) is 12.1. The number of ether oxygens (including phenoxy) is 1. The van der Waals surface area contributed by atoms with Gasteiger partial charge >= 0.3 is 0 Å². The van der Waals surface area contributed by atoms with Crippen molar-refractivity contribution in [3.63, 3.8) is 0 Å². The average molecular weight is 356 g/mol.